The second kappa shape index (κ2) is 4.01. The Morgan fingerprint density at radius 3 is 2.47 bits per heavy atom. The molecule has 0 bridgehead atoms. The minimum absolute atomic E-state index is 0.115. The van der Waals surface area contributed by atoms with Crippen LogP contribution in [0.4, 0.5) is 10.1 Å². The van der Waals surface area contributed by atoms with Crippen molar-refractivity contribution in [3.05, 3.63) is 29.6 Å². The number of aryl methyl sites for hydroxylation is 1. The van der Waals surface area contributed by atoms with Crippen LogP contribution in [0.5, 0.6) is 0 Å². The van der Waals surface area contributed by atoms with Crippen molar-refractivity contribution >= 4 is 11.6 Å². The summed E-state index contributed by atoms with van der Waals surface area (Å²) in [5, 5.41) is 2.71. The summed E-state index contributed by atoms with van der Waals surface area (Å²) in [7, 11) is 0. The molecule has 82 valence electrons. The molecule has 3 heteroatoms. The molecule has 2 nitrogen and oxygen atoms in total. The maximum Gasteiger partial charge on any atom is 0.229 e. The molecular formula is C12H16FNO. The van der Waals surface area contributed by atoms with E-state index in [0.29, 0.717) is 5.69 Å². The van der Waals surface area contributed by atoms with Gasteiger partial charge in [-0.2, -0.15) is 0 Å². The quantitative estimate of drug-likeness (QED) is 0.756. The van der Waals surface area contributed by atoms with Crippen molar-refractivity contribution in [2.45, 2.75) is 27.7 Å². The second-order valence-electron chi connectivity index (χ2n) is 4.66. The monoisotopic (exact) mass is 209 g/mol. The summed E-state index contributed by atoms with van der Waals surface area (Å²) in [6.45, 7) is 7.28. The number of carbonyl (C=O) groups excluding carboxylic acids is 1. The van der Waals surface area contributed by atoms with E-state index in [-0.39, 0.29) is 11.7 Å². The zero-order valence-corrected chi connectivity index (χ0v) is 9.52. The van der Waals surface area contributed by atoms with E-state index in [4.69, 9.17) is 0 Å². The molecule has 0 atom stereocenters. The Labute approximate surface area is 89.5 Å². The van der Waals surface area contributed by atoms with Gasteiger partial charge in [0, 0.05) is 11.1 Å². The fourth-order valence-corrected chi connectivity index (χ4v) is 1.04. The molecule has 0 heterocycles. The zero-order chi connectivity index (χ0) is 11.6. The molecule has 1 rings (SSSR count). The molecule has 0 aliphatic carbocycles. The molecule has 1 N–H and O–H groups in total. The van der Waals surface area contributed by atoms with E-state index in [9.17, 15) is 9.18 Å². The summed E-state index contributed by atoms with van der Waals surface area (Å²) in [6, 6.07) is 4.36. The Morgan fingerprint density at radius 2 is 1.93 bits per heavy atom. The maximum absolute atomic E-state index is 12.9. The molecule has 0 unspecified atom stereocenters. The number of anilines is 1. The molecule has 15 heavy (non-hydrogen) atoms. The highest BCUT2D eigenvalue weighted by molar-refractivity contribution is 5.95. The number of benzene rings is 1. The minimum Gasteiger partial charge on any atom is -0.325 e. The summed E-state index contributed by atoms with van der Waals surface area (Å²) in [6.07, 6.45) is 0. The zero-order valence-electron chi connectivity index (χ0n) is 9.52. The van der Waals surface area contributed by atoms with Gasteiger partial charge in [-0.1, -0.05) is 26.8 Å². The van der Waals surface area contributed by atoms with Crippen molar-refractivity contribution < 1.29 is 9.18 Å². The standard InChI is InChI=1S/C12H16FNO/c1-8-5-6-9(13)7-10(8)14-11(15)12(2,3)4/h5-7H,1-4H3,(H,14,15). The number of hydrogen-bond donors (Lipinski definition) is 1. The number of amides is 1. The minimum atomic E-state index is -0.473. The van der Waals surface area contributed by atoms with Crippen LogP contribution in [0, 0.1) is 18.2 Å². The summed E-state index contributed by atoms with van der Waals surface area (Å²) in [5.74, 6) is -0.457. The number of hydrogen-bond acceptors (Lipinski definition) is 1. The van der Waals surface area contributed by atoms with Crippen molar-refractivity contribution in [1.82, 2.24) is 0 Å². The highest BCUT2D eigenvalue weighted by atomic mass is 19.1. The van der Waals surface area contributed by atoms with Gasteiger partial charge in [0.15, 0.2) is 0 Å². The van der Waals surface area contributed by atoms with Crippen LogP contribution in [0.1, 0.15) is 26.3 Å². The van der Waals surface area contributed by atoms with E-state index in [0.717, 1.165) is 5.56 Å². The van der Waals surface area contributed by atoms with E-state index in [1.165, 1.54) is 12.1 Å². The molecule has 0 spiro atoms. The van der Waals surface area contributed by atoms with Crippen LogP contribution < -0.4 is 5.32 Å². The molecule has 0 saturated heterocycles. The van der Waals surface area contributed by atoms with Crippen LogP contribution in [0.3, 0.4) is 0 Å². The lowest BCUT2D eigenvalue weighted by Crippen LogP contribution is -2.27. The fraction of sp³-hybridized carbons (Fsp3) is 0.417. The smallest absolute Gasteiger partial charge is 0.229 e. The predicted octanol–water partition coefficient (Wildman–Crippen LogP) is 3.12. The van der Waals surface area contributed by atoms with E-state index < -0.39 is 5.41 Å². The van der Waals surface area contributed by atoms with E-state index in [1.807, 2.05) is 27.7 Å². The average molecular weight is 209 g/mol. The van der Waals surface area contributed by atoms with E-state index >= 15 is 0 Å². The summed E-state index contributed by atoms with van der Waals surface area (Å²) >= 11 is 0. The van der Waals surface area contributed by atoms with Crippen LogP contribution >= 0.6 is 0 Å². The Bertz CT molecular complexity index is 380. The van der Waals surface area contributed by atoms with Gasteiger partial charge in [0.05, 0.1) is 0 Å². The lowest BCUT2D eigenvalue weighted by atomic mass is 9.95. The average Bonchev–Trinajstić information content (AvgIpc) is 2.09. The van der Waals surface area contributed by atoms with Gasteiger partial charge in [0.1, 0.15) is 5.82 Å². The highest BCUT2D eigenvalue weighted by Gasteiger charge is 2.21. The van der Waals surface area contributed by atoms with E-state index in [1.54, 1.807) is 6.07 Å². The molecule has 1 amide bonds. The van der Waals surface area contributed by atoms with Crippen LogP contribution in [-0.4, -0.2) is 5.91 Å². The molecule has 0 radical (unpaired) electrons. The van der Waals surface area contributed by atoms with Crippen LogP contribution in [0.15, 0.2) is 18.2 Å². The van der Waals surface area contributed by atoms with Crippen molar-refractivity contribution in [1.29, 1.82) is 0 Å². The Balaban J connectivity index is 2.90. The molecular weight excluding hydrogens is 193 g/mol. The Kier molecular flexibility index (Phi) is 3.12. The predicted molar refractivity (Wildman–Crippen MR) is 59.2 cm³/mol. The molecule has 0 aliphatic rings. The molecule has 0 saturated carbocycles. The molecule has 1 aromatic carbocycles. The second-order valence-corrected chi connectivity index (χ2v) is 4.66. The van der Waals surface area contributed by atoms with Gasteiger partial charge in [-0.3, -0.25) is 4.79 Å². The van der Waals surface area contributed by atoms with Gasteiger partial charge in [0.25, 0.3) is 0 Å². The van der Waals surface area contributed by atoms with Crippen LogP contribution in [0.2, 0.25) is 0 Å². The SMILES string of the molecule is Cc1ccc(F)cc1NC(=O)C(C)(C)C. The van der Waals surface area contributed by atoms with Crippen LogP contribution in [0.25, 0.3) is 0 Å². The molecule has 1 aromatic rings. The first-order valence-corrected chi connectivity index (χ1v) is 4.88. The molecule has 0 fully saturated rings. The highest BCUT2D eigenvalue weighted by Crippen LogP contribution is 2.20. The summed E-state index contributed by atoms with van der Waals surface area (Å²) in [5.41, 5.74) is 0.919. The first-order valence-electron chi connectivity index (χ1n) is 4.88. The van der Waals surface area contributed by atoms with Gasteiger partial charge in [0.2, 0.25) is 5.91 Å². The first kappa shape index (κ1) is 11.7. The Morgan fingerprint density at radius 1 is 1.33 bits per heavy atom. The van der Waals surface area contributed by atoms with Crippen molar-refractivity contribution in [2.75, 3.05) is 5.32 Å². The van der Waals surface area contributed by atoms with Crippen molar-refractivity contribution in [3.8, 4) is 0 Å². The summed E-state index contributed by atoms with van der Waals surface area (Å²) < 4.78 is 12.9. The topological polar surface area (TPSA) is 29.1 Å². The van der Waals surface area contributed by atoms with E-state index in [2.05, 4.69) is 5.32 Å². The lowest BCUT2D eigenvalue weighted by Gasteiger charge is -2.18. The lowest BCUT2D eigenvalue weighted by molar-refractivity contribution is -0.123. The maximum atomic E-state index is 12.9. The van der Waals surface area contributed by atoms with Gasteiger partial charge >= 0.3 is 0 Å². The normalized spacial score (nSPS) is 11.3. The van der Waals surface area contributed by atoms with Crippen molar-refractivity contribution in [3.63, 3.8) is 0 Å². The third-order valence-electron chi connectivity index (χ3n) is 2.13. The molecule has 0 aliphatic heterocycles. The molecule has 0 aromatic heterocycles. The van der Waals surface area contributed by atoms with Crippen LogP contribution in [-0.2, 0) is 4.79 Å². The first-order chi connectivity index (χ1) is 6.80. The number of rotatable bonds is 1. The fourth-order valence-electron chi connectivity index (χ4n) is 1.04. The summed E-state index contributed by atoms with van der Waals surface area (Å²) in [4.78, 5) is 11.7. The van der Waals surface area contributed by atoms with Gasteiger partial charge < -0.3 is 5.32 Å². The third-order valence-corrected chi connectivity index (χ3v) is 2.13. The van der Waals surface area contributed by atoms with Gasteiger partial charge in [-0.15, -0.1) is 0 Å². The Hall–Kier alpha value is -1.38. The third kappa shape index (κ3) is 3.05. The number of carbonyl (C=O) groups is 1. The van der Waals surface area contributed by atoms with Crippen molar-refractivity contribution in [2.24, 2.45) is 5.41 Å². The van der Waals surface area contributed by atoms with Gasteiger partial charge in [-0.05, 0) is 24.6 Å². The number of nitrogens with one attached hydrogen (secondary N) is 1. The largest absolute Gasteiger partial charge is 0.325 e. The van der Waals surface area contributed by atoms with Gasteiger partial charge in [-0.25, -0.2) is 4.39 Å². The number of halogens is 1.